The van der Waals surface area contributed by atoms with Crippen LogP contribution in [0.1, 0.15) is 20.3 Å². The number of rotatable bonds is 17. The van der Waals surface area contributed by atoms with E-state index in [0.717, 1.165) is 0 Å². The third-order valence-electron chi connectivity index (χ3n) is 3.04. The van der Waals surface area contributed by atoms with E-state index in [4.69, 9.17) is 19.0 Å². The summed E-state index contributed by atoms with van der Waals surface area (Å²) in [5, 5.41) is 0. The molecule has 9 heteroatoms. The summed E-state index contributed by atoms with van der Waals surface area (Å²) in [6.45, 7) is 7.72. The predicted octanol–water partition coefficient (Wildman–Crippen LogP) is -0.681. The highest BCUT2D eigenvalue weighted by Gasteiger charge is 2.16. The van der Waals surface area contributed by atoms with Crippen LogP contribution in [0.2, 0.25) is 0 Å². The fraction of sp³-hybridized carbons (Fsp3) is 0.933. The van der Waals surface area contributed by atoms with Crippen LogP contribution in [-0.2, 0) is 33.4 Å². The molecule has 2 atom stereocenters. The maximum atomic E-state index is 11.3. The van der Waals surface area contributed by atoms with Crippen molar-refractivity contribution < 1.29 is 39.3 Å². The van der Waals surface area contributed by atoms with Gasteiger partial charge in [0.1, 0.15) is 6.61 Å². The molecule has 0 heterocycles. The van der Waals surface area contributed by atoms with Gasteiger partial charge in [0.05, 0.1) is 59.3 Å². The molecule has 24 heavy (non-hydrogen) atoms. The second-order valence-corrected chi connectivity index (χ2v) is 5.27. The van der Waals surface area contributed by atoms with Crippen LogP contribution in [0.4, 0.5) is 0 Å². The Morgan fingerprint density at radius 2 is 1.42 bits per heavy atom. The molecule has 0 amide bonds. The van der Waals surface area contributed by atoms with Gasteiger partial charge in [-0.25, -0.2) is 10.7 Å². The van der Waals surface area contributed by atoms with Gasteiger partial charge < -0.3 is 18.9 Å². The lowest BCUT2D eigenvalue weighted by Gasteiger charge is -2.16. The summed E-state index contributed by atoms with van der Waals surface area (Å²) >= 11 is 0. The van der Waals surface area contributed by atoms with Crippen molar-refractivity contribution in [2.45, 2.75) is 26.3 Å². The number of ether oxygens (including phenoxy) is 4. The smallest absolute Gasteiger partial charge is 0.308 e. The molecule has 0 aromatic rings. The molecular formula is C15H33N2O7+. The Hall–Kier alpha value is -0.810. The Balaban J connectivity index is 3.26. The average molecular weight is 353 g/mol. The highest BCUT2D eigenvalue weighted by Crippen LogP contribution is 2.07. The molecule has 0 aliphatic carbocycles. The molecule has 0 radical (unpaired) electrons. The molecule has 144 valence electrons. The predicted molar refractivity (Wildman–Crippen MR) is 85.6 cm³/mol. The van der Waals surface area contributed by atoms with E-state index in [1.54, 1.807) is 0 Å². The molecule has 9 nitrogen and oxygen atoms in total. The van der Waals surface area contributed by atoms with Crippen molar-refractivity contribution in [1.29, 1.82) is 0 Å². The van der Waals surface area contributed by atoms with Crippen LogP contribution in [0, 0.1) is 5.92 Å². The molecule has 0 saturated heterocycles. The number of methoxy groups -OCH3 is 1. The van der Waals surface area contributed by atoms with Gasteiger partial charge in [0.15, 0.2) is 0 Å². The second kappa shape index (κ2) is 17.0. The molecular weight excluding hydrogens is 320 g/mol. The number of quaternary nitrogens is 1. The van der Waals surface area contributed by atoms with E-state index in [1.165, 1.54) is 7.11 Å². The maximum absolute atomic E-state index is 11.3. The number of carbonyl (C=O) groups excluding carboxylic acids is 1. The van der Waals surface area contributed by atoms with E-state index in [1.807, 2.05) is 13.8 Å². The molecule has 0 bridgehead atoms. The standard InChI is InChI=1S/C15H33N2O7/c1-13(15(18)19-3)12-14(2)17-24-11-9-22-7-5-20-4-6-21-8-10-23-16/h13-14,17H,4-12H2,1-3,16H3/q+1. The van der Waals surface area contributed by atoms with Gasteiger partial charge in [0.2, 0.25) is 0 Å². The molecule has 0 rings (SSSR count). The average Bonchev–Trinajstić information content (AvgIpc) is 2.58. The molecule has 0 aliphatic rings. The summed E-state index contributed by atoms with van der Waals surface area (Å²) in [4.78, 5) is 21.2. The molecule has 2 unspecified atom stereocenters. The quantitative estimate of drug-likeness (QED) is 0.201. The third kappa shape index (κ3) is 14.8. The van der Waals surface area contributed by atoms with E-state index < -0.39 is 0 Å². The maximum Gasteiger partial charge on any atom is 0.308 e. The molecule has 4 N–H and O–H groups in total. The Bertz CT molecular complexity index is 295. The molecule has 0 saturated carbocycles. The van der Waals surface area contributed by atoms with Crippen LogP contribution in [0.15, 0.2) is 0 Å². The summed E-state index contributed by atoms with van der Waals surface area (Å²) in [5.74, 6) is 2.87. The lowest BCUT2D eigenvalue weighted by Crippen LogP contribution is -2.49. The zero-order valence-electron chi connectivity index (χ0n) is 15.1. The van der Waals surface area contributed by atoms with Crippen molar-refractivity contribution in [2.24, 2.45) is 5.92 Å². The van der Waals surface area contributed by atoms with E-state index in [-0.39, 0.29) is 17.9 Å². The largest absolute Gasteiger partial charge is 0.469 e. The second-order valence-electron chi connectivity index (χ2n) is 5.27. The van der Waals surface area contributed by atoms with Crippen molar-refractivity contribution in [3.63, 3.8) is 0 Å². The summed E-state index contributed by atoms with van der Waals surface area (Å²) < 4.78 is 20.6. The van der Waals surface area contributed by atoms with E-state index in [2.05, 4.69) is 21.0 Å². The Morgan fingerprint density at radius 3 is 1.92 bits per heavy atom. The highest BCUT2D eigenvalue weighted by molar-refractivity contribution is 5.71. The van der Waals surface area contributed by atoms with Crippen LogP contribution in [0.5, 0.6) is 0 Å². The highest BCUT2D eigenvalue weighted by atomic mass is 16.7. The van der Waals surface area contributed by atoms with Crippen molar-refractivity contribution in [1.82, 2.24) is 5.48 Å². The molecule has 0 spiro atoms. The first kappa shape index (κ1) is 23.2. The fourth-order valence-electron chi connectivity index (χ4n) is 1.84. The van der Waals surface area contributed by atoms with Gasteiger partial charge in [-0.1, -0.05) is 6.92 Å². The third-order valence-corrected chi connectivity index (χ3v) is 3.04. The van der Waals surface area contributed by atoms with Crippen LogP contribution in [0.25, 0.3) is 0 Å². The minimum atomic E-state index is -0.215. The summed E-state index contributed by atoms with van der Waals surface area (Å²) in [6, 6.07) is 0.0522. The zero-order valence-corrected chi connectivity index (χ0v) is 15.1. The van der Waals surface area contributed by atoms with Gasteiger partial charge in [0.25, 0.3) is 0 Å². The number of carbonyl (C=O) groups is 1. The Labute approximate surface area is 143 Å². The first-order chi connectivity index (χ1) is 11.6. The van der Waals surface area contributed by atoms with Gasteiger partial charge >= 0.3 is 5.97 Å². The van der Waals surface area contributed by atoms with Crippen molar-refractivity contribution in [3.8, 4) is 0 Å². The van der Waals surface area contributed by atoms with Crippen LogP contribution in [-0.4, -0.2) is 72.0 Å². The number of esters is 1. The monoisotopic (exact) mass is 353 g/mol. The topological polar surface area (TPSA) is 112 Å². The number of hydroxylamine groups is 1. The van der Waals surface area contributed by atoms with Gasteiger partial charge in [-0.3, -0.25) is 9.63 Å². The van der Waals surface area contributed by atoms with Gasteiger partial charge in [0, 0.05) is 6.04 Å². The van der Waals surface area contributed by atoms with Gasteiger partial charge in [-0.05, 0) is 13.3 Å². The van der Waals surface area contributed by atoms with Crippen molar-refractivity contribution in [3.05, 3.63) is 0 Å². The van der Waals surface area contributed by atoms with E-state index in [9.17, 15) is 4.79 Å². The van der Waals surface area contributed by atoms with Gasteiger partial charge in [-0.15, -0.1) is 0 Å². The molecule has 0 aliphatic heterocycles. The summed E-state index contributed by atoms with van der Waals surface area (Å²) in [6.07, 6.45) is 0.643. The van der Waals surface area contributed by atoms with E-state index in [0.29, 0.717) is 59.3 Å². The van der Waals surface area contributed by atoms with Crippen LogP contribution in [0.3, 0.4) is 0 Å². The number of nitrogens with one attached hydrogen (secondary N) is 1. The first-order valence-electron chi connectivity index (χ1n) is 8.17. The molecule has 0 aromatic heterocycles. The summed E-state index contributed by atoms with van der Waals surface area (Å²) in [5.41, 5.74) is 2.88. The Morgan fingerprint density at radius 1 is 0.917 bits per heavy atom. The molecule has 0 fully saturated rings. The van der Waals surface area contributed by atoms with Crippen molar-refractivity contribution >= 4 is 5.97 Å². The fourth-order valence-corrected chi connectivity index (χ4v) is 1.84. The number of hydrogen-bond acceptors (Lipinski definition) is 8. The SMILES string of the molecule is COC(=O)C(C)CC(C)NOCCOCCOCCOCCO[NH3+]. The zero-order chi connectivity index (χ0) is 18.0. The lowest BCUT2D eigenvalue weighted by atomic mass is 10.0. The van der Waals surface area contributed by atoms with Gasteiger partial charge in [-0.2, -0.15) is 5.48 Å². The normalized spacial score (nSPS) is 13.7. The lowest BCUT2D eigenvalue weighted by molar-refractivity contribution is -0.689. The first-order valence-corrected chi connectivity index (χ1v) is 8.17. The van der Waals surface area contributed by atoms with Crippen molar-refractivity contribution in [2.75, 3.05) is 60.0 Å². The summed E-state index contributed by atoms with van der Waals surface area (Å²) in [7, 11) is 1.39. The molecule has 0 aromatic carbocycles. The Kier molecular flexibility index (Phi) is 16.5. The minimum Gasteiger partial charge on any atom is -0.469 e. The minimum absolute atomic E-state index is 0.0522. The number of hydrogen-bond donors (Lipinski definition) is 2. The van der Waals surface area contributed by atoms with Crippen LogP contribution < -0.4 is 11.4 Å². The van der Waals surface area contributed by atoms with Crippen LogP contribution >= 0.6 is 0 Å². The van der Waals surface area contributed by atoms with E-state index >= 15 is 0 Å².